The molecule has 0 aliphatic heterocycles. The van der Waals surface area contributed by atoms with Gasteiger partial charge in [-0.05, 0) is 30.3 Å². The number of hydrogen-bond acceptors (Lipinski definition) is 3. The van der Waals surface area contributed by atoms with Crippen LogP contribution in [-0.4, -0.2) is 15.9 Å². The fourth-order valence-electron chi connectivity index (χ4n) is 1.03. The van der Waals surface area contributed by atoms with E-state index in [2.05, 4.69) is 21.0 Å². The summed E-state index contributed by atoms with van der Waals surface area (Å²) in [5, 5.41) is 3.76. The molecular formula is C10H7BrN2O2. The molecule has 0 saturated heterocycles. The molecule has 0 unspecified atom stereocenters. The highest BCUT2D eigenvalue weighted by Gasteiger charge is 2.06. The third-order valence-electron chi connectivity index (χ3n) is 1.71. The third-order valence-corrected chi connectivity index (χ3v) is 2.24. The number of carbonyl (C=O) groups excluding carboxylic acids is 1. The molecule has 0 N–H and O–H groups in total. The summed E-state index contributed by atoms with van der Waals surface area (Å²) in [6, 6.07) is 8.65. The Balaban J connectivity index is 2.09. The summed E-state index contributed by atoms with van der Waals surface area (Å²) in [7, 11) is 0. The Morgan fingerprint density at radius 1 is 1.33 bits per heavy atom. The number of hydrogen-bond donors (Lipinski definition) is 0. The lowest BCUT2D eigenvalue weighted by atomic mass is 10.3. The number of carbonyl (C=O) groups is 1. The number of ether oxygens (including phenoxy) is 1. The van der Waals surface area contributed by atoms with Crippen molar-refractivity contribution in [3.63, 3.8) is 0 Å². The zero-order valence-corrected chi connectivity index (χ0v) is 9.22. The summed E-state index contributed by atoms with van der Waals surface area (Å²) in [5.41, 5.74) is 0. The van der Waals surface area contributed by atoms with E-state index in [1.807, 2.05) is 0 Å². The first kappa shape index (κ1) is 9.92. The second kappa shape index (κ2) is 4.27. The Morgan fingerprint density at radius 2 is 2.07 bits per heavy atom. The Labute approximate surface area is 94.6 Å². The second-order valence-corrected chi connectivity index (χ2v) is 3.69. The van der Waals surface area contributed by atoms with Gasteiger partial charge >= 0.3 is 6.09 Å². The van der Waals surface area contributed by atoms with E-state index in [-0.39, 0.29) is 0 Å². The van der Waals surface area contributed by atoms with Crippen LogP contribution < -0.4 is 4.74 Å². The van der Waals surface area contributed by atoms with Gasteiger partial charge in [0.1, 0.15) is 5.75 Å². The van der Waals surface area contributed by atoms with Crippen LogP contribution in [0, 0.1) is 0 Å². The first-order valence-corrected chi connectivity index (χ1v) is 5.02. The van der Waals surface area contributed by atoms with Crippen molar-refractivity contribution in [3.8, 4) is 5.75 Å². The molecule has 0 radical (unpaired) electrons. The van der Waals surface area contributed by atoms with Crippen molar-refractivity contribution in [2.24, 2.45) is 0 Å². The molecule has 0 aliphatic rings. The van der Waals surface area contributed by atoms with Crippen LogP contribution in [0.3, 0.4) is 0 Å². The molecule has 1 aromatic heterocycles. The summed E-state index contributed by atoms with van der Waals surface area (Å²) in [5.74, 6) is 0.485. The Hall–Kier alpha value is -1.62. The normalized spacial score (nSPS) is 9.93. The molecule has 0 spiro atoms. The SMILES string of the molecule is O=C(Oc1ccc(Br)cc1)n1cccn1. The topological polar surface area (TPSA) is 44.1 Å². The van der Waals surface area contributed by atoms with E-state index in [9.17, 15) is 4.79 Å². The van der Waals surface area contributed by atoms with Gasteiger partial charge in [0.15, 0.2) is 0 Å². The van der Waals surface area contributed by atoms with Gasteiger partial charge in [-0.1, -0.05) is 15.9 Å². The van der Waals surface area contributed by atoms with E-state index < -0.39 is 6.09 Å². The van der Waals surface area contributed by atoms with Gasteiger partial charge in [-0.2, -0.15) is 9.78 Å². The Morgan fingerprint density at radius 3 is 2.67 bits per heavy atom. The maximum absolute atomic E-state index is 11.4. The molecule has 0 aliphatic carbocycles. The van der Waals surface area contributed by atoms with Gasteiger partial charge in [0.05, 0.1) is 0 Å². The van der Waals surface area contributed by atoms with E-state index >= 15 is 0 Å². The van der Waals surface area contributed by atoms with Crippen molar-refractivity contribution < 1.29 is 9.53 Å². The van der Waals surface area contributed by atoms with Crippen molar-refractivity contribution in [3.05, 3.63) is 47.2 Å². The standard InChI is InChI=1S/C10H7BrN2O2/c11-8-2-4-9(5-3-8)15-10(14)13-7-1-6-12-13/h1-7H. The van der Waals surface area contributed by atoms with E-state index in [0.717, 1.165) is 9.15 Å². The van der Waals surface area contributed by atoms with Gasteiger partial charge in [0, 0.05) is 16.9 Å². The van der Waals surface area contributed by atoms with Gasteiger partial charge < -0.3 is 4.74 Å². The van der Waals surface area contributed by atoms with Gasteiger partial charge in [-0.15, -0.1) is 0 Å². The van der Waals surface area contributed by atoms with Crippen LogP contribution in [-0.2, 0) is 0 Å². The Kier molecular flexibility index (Phi) is 2.82. The van der Waals surface area contributed by atoms with Crippen LogP contribution in [0.5, 0.6) is 5.75 Å². The molecule has 0 amide bonds. The van der Waals surface area contributed by atoms with Gasteiger partial charge in [0.25, 0.3) is 0 Å². The van der Waals surface area contributed by atoms with Gasteiger partial charge in [0.2, 0.25) is 0 Å². The van der Waals surface area contributed by atoms with Crippen LogP contribution in [0.2, 0.25) is 0 Å². The number of halogens is 1. The minimum Gasteiger partial charge on any atom is -0.409 e. The fraction of sp³-hybridized carbons (Fsp3) is 0. The maximum atomic E-state index is 11.4. The van der Waals surface area contributed by atoms with E-state index in [1.165, 1.54) is 12.4 Å². The number of nitrogens with zero attached hydrogens (tertiary/aromatic N) is 2. The molecule has 0 saturated carbocycles. The average molecular weight is 267 g/mol. The summed E-state index contributed by atoms with van der Waals surface area (Å²) in [4.78, 5) is 11.4. The quantitative estimate of drug-likeness (QED) is 0.797. The van der Waals surface area contributed by atoms with Crippen LogP contribution in [0.4, 0.5) is 4.79 Å². The predicted molar refractivity (Wildman–Crippen MR) is 57.8 cm³/mol. The molecule has 1 aromatic carbocycles. The summed E-state index contributed by atoms with van der Waals surface area (Å²) < 4.78 is 7.11. The van der Waals surface area contributed by atoms with Crippen molar-refractivity contribution in [1.29, 1.82) is 0 Å². The summed E-state index contributed by atoms with van der Waals surface area (Å²) in [6.45, 7) is 0. The fourth-order valence-corrected chi connectivity index (χ4v) is 1.29. The van der Waals surface area contributed by atoms with E-state index in [0.29, 0.717) is 5.75 Å². The highest BCUT2D eigenvalue weighted by atomic mass is 79.9. The highest BCUT2D eigenvalue weighted by Crippen LogP contribution is 2.16. The molecule has 5 heteroatoms. The molecular weight excluding hydrogens is 260 g/mol. The van der Waals surface area contributed by atoms with Crippen molar-refractivity contribution in [1.82, 2.24) is 9.78 Å². The molecule has 0 bridgehead atoms. The highest BCUT2D eigenvalue weighted by molar-refractivity contribution is 9.10. The maximum Gasteiger partial charge on any atom is 0.440 e. The second-order valence-electron chi connectivity index (χ2n) is 2.77. The number of rotatable bonds is 1. The molecule has 4 nitrogen and oxygen atoms in total. The molecule has 15 heavy (non-hydrogen) atoms. The summed E-state index contributed by atoms with van der Waals surface area (Å²) in [6.07, 6.45) is 2.52. The molecule has 1 heterocycles. The van der Waals surface area contributed by atoms with Gasteiger partial charge in [-0.25, -0.2) is 4.79 Å². The predicted octanol–water partition coefficient (Wildman–Crippen LogP) is 2.69. The minimum atomic E-state index is -0.526. The Bertz CT molecular complexity index is 451. The lowest BCUT2D eigenvalue weighted by Gasteiger charge is -2.02. The average Bonchev–Trinajstić information content (AvgIpc) is 2.74. The first-order chi connectivity index (χ1) is 7.25. The largest absolute Gasteiger partial charge is 0.440 e. The van der Waals surface area contributed by atoms with Crippen LogP contribution in [0.15, 0.2) is 47.2 Å². The molecule has 0 fully saturated rings. The molecule has 0 atom stereocenters. The smallest absolute Gasteiger partial charge is 0.409 e. The minimum absolute atomic E-state index is 0.485. The van der Waals surface area contributed by atoms with E-state index in [4.69, 9.17) is 4.74 Å². The third kappa shape index (κ3) is 2.44. The molecule has 2 rings (SSSR count). The van der Waals surface area contributed by atoms with Crippen molar-refractivity contribution in [2.45, 2.75) is 0 Å². The first-order valence-electron chi connectivity index (χ1n) is 4.23. The molecule has 76 valence electrons. The van der Waals surface area contributed by atoms with Crippen LogP contribution >= 0.6 is 15.9 Å². The molecule has 2 aromatic rings. The zero-order chi connectivity index (χ0) is 10.7. The monoisotopic (exact) mass is 266 g/mol. The summed E-state index contributed by atoms with van der Waals surface area (Å²) >= 11 is 3.29. The van der Waals surface area contributed by atoms with Crippen LogP contribution in [0.1, 0.15) is 0 Å². The van der Waals surface area contributed by atoms with Crippen molar-refractivity contribution >= 4 is 22.0 Å². The van der Waals surface area contributed by atoms with E-state index in [1.54, 1.807) is 30.3 Å². The zero-order valence-electron chi connectivity index (χ0n) is 7.63. The lowest BCUT2D eigenvalue weighted by molar-refractivity contribution is 0.199. The number of aromatic nitrogens is 2. The van der Waals surface area contributed by atoms with Gasteiger partial charge in [-0.3, -0.25) is 0 Å². The lowest BCUT2D eigenvalue weighted by Crippen LogP contribution is -2.16. The van der Waals surface area contributed by atoms with Crippen LogP contribution in [0.25, 0.3) is 0 Å². The number of benzene rings is 1. The van der Waals surface area contributed by atoms with Crippen molar-refractivity contribution in [2.75, 3.05) is 0 Å².